The molecule has 0 spiro atoms. The molecule has 148 valence electrons. The Bertz CT molecular complexity index is 677. The van der Waals surface area contributed by atoms with Gasteiger partial charge in [0.05, 0.1) is 18.0 Å². The normalized spacial score (nSPS) is 24.8. The maximum atomic E-state index is 12.5. The van der Waals surface area contributed by atoms with Crippen LogP contribution in [0.25, 0.3) is 0 Å². The smallest absolute Gasteiger partial charge is 0.230 e. The molecule has 27 heavy (non-hydrogen) atoms. The minimum atomic E-state index is 0.116. The van der Waals surface area contributed by atoms with Gasteiger partial charge < -0.3 is 14.7 Å². The second-order valence-electron chi connectivity index (χ2n) is 8.34. The predicted molar refractivity (Wildman–Crippen MR) is 100 cm³/mol. The molecule has 1 atom stereocenters. The van der Waals surface area contributed by atoms with Crippen molar-refractivity contribution in [1.82, 2.24) is 20.3 Å². The fourth-order valence-electron chi connectivity index (χ4n) is 4.34. The van der Waals surface area contributed by atoms with Crippen LogP contribution >= 0.6 is 0 Å². The Hall–Kier alpha value is -1.89. The second kappa shape index (κ2) is 8.00. The Morgan fingerprint density at radius 1 is 1.19 bits per heavy atom. The van der Waals surface area contributed by atoms with Crippen LogP contribution in [0.2, 0.25) is 0 Å². The molecule has 0 bridgehead atoms. The van der Waals surface area contributed by atoms with E-state index in [9.17, 15) is 9.59 Å². The number of rotatable bonds is 5. The van der Waals surface area contributed by atoms with Gasteiger partial charge in [0.1, 0.15) is 5.76 Å². The zero-order valence-electron chi connectivity index (χ0n) is 16.2. The average Bonchev–Trinajstić information content (AvgIpc) is 3.41. The molecule has 1 unspecified atom stereocenters. The van der Waals surface area contributed by atoms with Crippen LogP contribution in [-0.4, -0.2) is 65.0 Å². The van der Waals surface area contributed by atoms with E-state index in [1.54, 1.807) is 0 Å². The Kier molecular flexibility index (Phi) is 5.48. The lowest BCUT2D eigenvalue weighted by Crippen LogP contribution is -2.51. The summed E-state index contributed by atoms with van der Waals surface area (Å²) in [7, 11) is 0. The van der Waals surface area contributed by atoms with Gasteiger partial charge in [-0.25, -0.2) is 0 Å². The number of piperidine rings is 2. The van der Waals surface area contributed by atoms with Crippen molar-refractivity contribution in [2.45, 2.75) is 64.0 Å². The van der Waals surface area contributed by atoms with Crippen LogP contribution in [0.5, 0.6) is 0 Å². The molecule has 0 aromatic carbocycles. The van der Waals surface area contributed by atoms with Gasteiger partial charge in [-0.3, -0.25) is 14.5 Å². The number of carbonyl (C=O) groups is 2. The van der Waals surface area contributed by atoms with Crippen LogP contribution in [0, 0.1) is 12.8 Å². The van der Waals surface area contributed by atoms with Crippen molar-refractivity contribution in [3.05, 3.63) is 17.5 Å². The van der Waals surface area contributed by atoms with E-state index in [0.717, 1.165) is 70.4 Å². The number of amides is 2. The van der Waals surface area contributed by atoms with Gasteiger partial charge in [0.25, 0.3) is 0 Å². The largest absolute Gasteiger partial charge is 0.361 e. The van der Waals surface area contributed by atoms with Crippen molar-refractivity contribution < 1.29 is 14.1 Å². The monoisotopic (exact) mass is 374 g/mol. The Balaban J connectivity index is 1.24. The van der Waals surface area contributed by atoms with E-state index in [-0.39, 0.29) is 17.7 Å². The summed E-state index contributed by atoms with van der Waals surface area (Å²) in [6.07, 6.45) is 6.63. The summed E-state index contributed by atoms with van der Waals surface area (Å²) in [4.78, 5) is 29.3. The first-order valence-corrected chi connectivity index (χ1v) is 10.3. The van der Waals surface area contributed by atoms with E-state index in [0.29, 0.717) is 24.3 Å². The lowest BCUT2D eigenvalue weighted by Gasteiger charge is -2.42. The number of hydrogen-bond acceptors (Lipinski definition) is 5. The number of nitrogens with zero attached hydrogens (tertiary/aromatic N) is 3. The molecule has 1 saturated carbocycles. The molecule has 3 aliphatic rings. The van der Waals surface area contributed by atoms with Gasteiger partial charge in [-0.15, -0.1) is 0 Å². The number of aryl methyl sites for hydroxylation is 1. The number of likely N-dealkylation sites (tertiary alicyclic amines) is 2. The zero-order valence-corrected chi connectivity index (χ0v) is 16.2. The van der Waals surface area contributed by atoms with Crippen LogP contribution in [0.15, 0.2) is 10.6 Å². The second-order valence-corrected chi connectivity index (χ2v) is 8.34. The summed E-state index contributed by atoms with van der Waals surface area (Å²) in [5.74, 6) is 1.14. The van der Waals surface area contributed by atoms with Crippen LogP contribution < -0.4 is 5.32 Å². The summed E-state index contributed by atoms with van der Waals surface area (Å²) >= 11 is 0. The summed E-state index contributed by atoms with van der Waals surface area (Å²) in [6, 6.07) is 2.75. The third-order valence-corrected chi connectivity index (χ3v) is 6.08. The fourth-order valence-corrected chi connectivity index (χ4v) is 4.34. The van der Waals surface area contributed by atoms with E-state index < -0.39 is 0 Å². The highest BCUT2D eigenvalue weighted by molar-refractivity contribution is 5.79. The molecule has 1 aliphatic carbocycles. The van der Waals surface area contributed by atoms with Gasteiger partial charge in [-0.2, -0.15) is 0 Å². The van der Waals surface area contributed by atoms with Crippen molar-refractivity contribution in [2.24, 2.45) is 5.92 Å². The van der Waals surface area contributed by atoms with Crippen molar-refractivity contribution in [1.29, 1.82) is 0 Å². The fraction of sp³-hybridized carbons (Fsp3) is 0.750. The minimum Gasteiger partial charge on any atom is -0.361 e. The van der Waals surface area contributed by atoms with E-state index in [4.69, 9.17) is 4.52 Å². The molecular weight excluding hydrogens is 344 g/mol. The highest BCUT2D eigenvalue weighted by Crippen LogP contribution is 2.26. The molecule has 4 rings (SSSR count). The topological polar surface area (TPSA) is 78.7 Å². The van der Waals surface area contributed by atoms with E-state index in [2.05, 4.69) is 15.4 Å². The molecule has 3 heterocycles. The van der Waals surface area contributed by atoms with Gasteiger partial charge in [-0.1, -0.05) is 5.16 Å². The Labute approximate surface area is 160 Å². The standard InChI is InChI=1S/C20H30N4O3/c1-14-11-18(27-22-14)12-19(25)23-9-6-17(7-10-23)24-8-2-3-15(13-24)20(26)21-16-4-5-16/h11,15-17H,2-10,12-13H2,1H3,(H,21,26). The molecule has 3 fully saturated rings. The molecule has 7 heteroatoms. The van der Waals surface area contributed by atoms with E-state index in [1.807, 2.05) is 17.9 Å². The molecule has 1 aromatic heterocycles. The summed E-state index contributed by atoms with van der Waals surface area (Å²) in [6.45, 7) is 5.37. The van der Waals surface area contributed by atoms with E-state index >= 15 is 0 Å². The maximum Gasteiger partial charge on any atom is 0.230 e. The number of carbonyl (C=O) groups excluding carboxylic acids is 2. The Morgan fingerprint density at radius 2 is 1.96 bits per heavy atom. The Morgan fingerprint density at radius 3 is 2.63 bits per heavy atom. The quantitative estimate of drug-likeness (QED) is 0.845. The zero-order chi connectivity index (χ0) is 18.8. The van der Waals surface area contributed by atoms with Crippen LogP contribution in [0.3, 0.4) is 0 Å². The predicted octanol–water partition coefficient (Wildman–Crippen LogP) is 1.51. The molecule has 1 aromatic rings. The van der Waals surface area contributed by atoms with Crippen molar-refractivity contribution in [2.75, 3.05) is 26.2 Å². The first kappa shape index (κ1) is 18.5. The third-order valence-electron chi connectivity index (χ3n) is 6.08. The van der Waals surface area contributed by atoms with Gasteiger partial charge in [0, 0.05) is 37.8 Å². The van der Waals surface area contributed by atoms with Gasteiger partial charge in [0.2, 0.25) is 11.8 Å². The van der Waals surface area contributed by atoms with Crippen molar-refractivity contribution in [3.8, 4) is 0 Å². The molecule has 7 nitrogen and oxygen atoms in total. The lowest BCUT2D eigenvalue weighted by molar-refractivity contribution is -0.132. The SMILES string of the molecule is Cc1cc(CC(=O)N2CCC(N3CCCC(C(=O)NC4CC4)C3)CC2)on1. The molecule has 0 radical (unpaired) electrons. The highest BCUT2D eigenvalue weighted by Gasteiger charge is 2.34. The summed E-state index contributed by atoms with van der Waals surface area (Å²) < 4.78 is 5.16. The van der Waals surface area contributed by atoms with Gasteiger partial charge >= 0.3 is 0 Å². The summed E-state index contributed by atoms with van der Waals surface area (Å²) in [5.41, 5.74) is 0.807. The number of nitrogens with one attached hydrogen (secondary N) is 1. The summed E-state index contributed by atoms with van der Waals surface area (Å²) in [5, 5.41) is 7.01. The van der Waals surface area contributed by atoms with Gasteiger partial charge in [0.15, 0.2) is 0 Å². The molecule has 2 saturated heterocycles. The van der Waals surface area contributed by atoms with E-state index in [1.165, 1.54) is 0 Å². The lowest BCUT2D eigenvalue weighted by atomic mass is 9.93. The van der Waals surface area contributed by atoms with Crippen molar-refractivity contribution in [3.63, 3.8) is 0 Å². The van der Waals surface area contributed by atoms with Crippen LogP contribution in [0.1, 0.15) is 50.0 Å². The maximum absolute atomic E-state index is 12.5. The minimum absolute atomic E-state index is 0.116. The number of hydrogen-bond donors (Lipinski definition) is 1. The molecular formula is C20H30N4O3. The number of aromatic nitrogens is 1. The third kappa shape index (κ3) is 4.69. The van der Waals surface area contributed by atoms with Gasteiger partial charge in [-0.05, 0) is 52.0 Å². The van der Waals surface area contributed by atoms with Crippen molar-refractivity contribution >= 4 is 11.8 Å². The van der Waals surface area contributed by atoms with Crippen LogP contribution in [0.4, 0.5) is 0 Å². The molecule has 1 N–H and O–H groups in total. The first-order valence-electron chi connectivity index (χ1n) is 10.3. The van der Waals surface area contributed by atoms with Crippen LogP contribution in [-0.2, 0) is 16.0 Å². The molecule has 2 amide bonds. The first-order chi connectivity index (χ1) is 13.1. The highest BCUT2D eigenvalue weighted by atomic mass is 16.5. The molecule has 2 aliphatic heterocycles. The average molecular weight is 374 g/mol.